The summed E-state index contributed by atoms with van der Waals surface area (Å²) < 4.78 is 10.8. The normalized spacial score (nSPS) is 30.6. The van der Waals surface area contributed by atoms with Gasteiger partial charge in [0.2, 0.25) is 5.91 Å². The Morgan fingerprint density at radius 3 is 3.05 bits per heavy atom. The number of nitrogens with one attached hydrogen (secondary N) is 2. The molecule has 1 heterocycles. The SMILES string of the molecule is COc1ccccc1C1(C)CC1NC(=O)CC1COCCN1. The van der Waals surface area contributed by atoms with Gasteiger partial charge in [-0.2, -0.15) is 0 Å². The van der Waals surface area contributed by atoms with E-state index < -0.39 is 0 Å². The molecule has 1 saturated heterocycles. The fourth-order valence-corrected chi connectivity index (χ4v) is 3.22. The molecule has 5 heteroatoms. The highest BCUT2D eigenvalue weighted by Crippen LogP contribution is 2.50. The van der Waals surface area contributed by atoms with Crippen molar-refractivity contribution in [2.24, 2.45) is 0 Å². The lowest BCUT2D eigenvalue weighted by Crippen LogP contribution is -2.45. The summed E-state index contributed by atoms with van der Waals surface area (Å²) in [6.45, 7) is 4.34. The molecule has 1 aliphatic heterocycles. The van der Waals surface area contributed by atoms with E-state index in [2.05, 4.69) is 23.6 Å². The minimum Gasteiger partial charge on any atom is -0.496 e. The number of carbonyl (C=O) groups is 1. The third kappa shape index (κ3) is 3.10. The van der Waals surface area contributed by atoms with Gasteiger partial charge in [0.25, 0.3) is 0 Å². The molecule has 3 unspecified atom stereocenters. The number of methoxy groups -OCH3 is 1. The average Bonchev–Trinajstić information content (AvgIpc) is 3.19. The second-order valence-corrected chi connectivity index (χ2v) is 6.37. The van der Waals surface area contributed by atoms with Gasteiger partial charge in [-0.15, -0.1) is 0 Å². The third-order valence-electron chi connectivity index (χ3n) is 4.72. The van der Waals surface area contributed by atoms with Crippen LogP contribution in [0.25, 0.3) is 0 Å². The van der Waals surface area contributed by atoms with Crippen molar-refractivity contribution in [3.8, 4) is 5.75 Å². The van der Waals surface area contributed by atoms with Crippen molar-refractivity contribution >= 4 is 5.91 Å². The Kier molecular flexibility index (Phi) is 4.36. The van der Waals surface area contributed by atoms with Gasteiger partial charge in [0, 0.05) is 36.0 Å². The zero-order valence-corrected chi connectivity index (χ0v) is 13.2. The number of amides is 1. The molecule has 1 amide bonds. The van der Waals surface area contributed by atoms with Crippen LogP contribution in [0.4, 0.5) is 0 Å². The first-order valence-electron chi connectivity index (χ1n) is 7.87. The number of para-hydroxylation sites is 1. The van der Waals surface area contributed by atoms with Crippen molar-refractivity contribution in [3.05, 3.63) is 29.8 Å². The monoisotopic (exact) mass is 304 g/mol. The molecule has 2 aliphatic rings. The fourth-order valence-electron chi connectivity index (χ4n) is 3.22. The van der Waals surface area contributed by atoms with Crippen molar-refractivity contribution in [2.75, 3.05) is 26.9 Å². The highest BCUT2D eigenvalue weighted by atomic mass is 16.5. The molecule has 3 rings (SSSR count). The minimum atomic E-state index is -0.0290. The number of ether oxygens (including phenoxy) is 2. The van der Waals surface area contributed by atoms with Gasteiger partial charge in [0.05, 0.1) is 20.3 Å². The average molecular weight is 304 g/mol. The molecule has 22 heavy (non-hydrogen) atoms. The summed E-state index contributed by atoms with van der Waals surface area (Å²) in [4.78, 5) is 12.2. The molecule has 0 spiro atoms. The molecule has 1 aromatic rings. The predicted molar refractivity (Wildman–Crippen MR) is 84.1 cm³/mol. The Morgan fingerprint density at radius 1 is 1.50 bits per heavy atom. The first kappa shape index (κ1) is 15.3. The van der Waals surface area contributed by atoms with Crippen molar-refractivity contribution < 1.29 is 14.3 Å². The van der Waals surface area contributed by atoms with Gasteiger partial charge in [-0.1, -0.05) is 25.1 Å². The topological polar surface area (TPSA) is 59.6 Å². The molecule has 1 aliphatic carbocycles. The molecule has 0 aromatic heterocycles. The van der Waals surface area contributed by atoms with Crippen molar-refractivity contribution in [2.45, 2.75) is 37.3 Å². The standard InChI is InChI=1S/C17H24N2O3/c1-17(13-5-3-4-6-14(13)21-2)10-15(17)19-16(20)9-12-11-22-8-7-18-12/h3-6,12,15,18H,7-11H2,1-2H3,(H,19,20). The largest absolute Gasteiger partial charge is 0.496 e. The third-order valence-corrected chi connectivity index (χ3v) is 4.72. The number of hydrogen-bond acceptors (Lipinski definition) is 4. The first-order chi connectivity index (χ1) is 10.6. The predicted octanol–water partition coefficient (Wildman–Crippen LogP) is 1.22. The molecule has 0 radical (unpaired) electrons. The Hall–Kier alpha value is -1.59. The van der Waals surface area contributed by atoms with Crippen molar-refractivity contribution in [1.82, 2.24) is 10.6 Å². The van der Waals surface area contributed by atoms with Crippen LogP contribution in [0.1, 0.15) is 25.3 Å². The summed E-state index contributed by atoms with van der Waals surface area (Å²) in [6, 6.07) is 8.36. The summed E-state index contributed by atoms with van der Waals surface area (Å²) in [5.41, 5.74) is 1.14. The fraction of sp³-hybridized carbons (Fsp3) is 0.588. The zero-order chi connectivity index (χ0) is 15.6. The van der Waals surface area contributed by atoms with E-state index in [9.17, 15) is 4.79 Å². The van der Waals surface area contributed by atoms with Crippen LogP contribution in [0.5, 0.6) is 5.75 Å². The van der Waals surface area contributed by atoms with Crippen LogP contribution in [0.3, 0.4) is 0 Å². The molecular weight excluding hydrogens is 280 g/mol. The zero-order valence-electron chi connectivity index (χ0n) is 13.2. The molecule has 0 bridgehead atoms. The second kappa shape index (κ2) is 6.26. The lowest BCUT2D eigenvalue weighted by molar-refractivity contribution is -0.122. The van der Waals surface area contributed by atoms with Gasteiger partial charge in [0.15, 0.2) is 0 Å². The van der Waals surface area contributed by atoms with E-state index in [4.69, 9.17) is 9.47 Å². The van der Waals surface area contributed by atoms with Crippen molar-refractivity contribution in [1.29, 1.82) is 0 Å². The van der Waals surface area contributed by atoms with Crippen LogP contribution >= 0.6 is 0 Å². The van der Waals surface area contributed by atoms with E-state index in [1.807, 2.05) is 18.2 Å². The van der Waals surface area contributed by atoms with Crippen LogP contribution in [-0.4, -0.2) is 44.9 Å². The molecule has 2 N–H and O–H groups in total. The summed E-state index contributed by atoms with van der Waals surface area (Å²) in [6.07, 6.45) is 1.42. The number of hydrogen-bond donors (Lipinski definition) is 2. The molecule has 2 fully saturated rings. The molecule has 120 valence electrons. The molecule has 5 nitrogen and oxygen atoms in total. The summed E-state index contributed by atoms with van der Waals surface area (Å²) in [7, 11) is 1.69. The maximum atomic E-state index is 12.2. The Morgan fingerprint density at radius 2 is 2.32 bits per heavy atom. The van der Waals surface area contributed by atoms with Gasteiger partial charge in [-0.05, 0) is 12.5 Å². The van der Waals surface area contributed by atoms with Gasteiger partial charge in [-0.25, -0.2) is 0 Å². The van der Waals surface area contributed by atoms with E-state index in [1.165, 1.54) is 5.56 Å². The smallest absolute Gasteiger partial charge is 0.221 e. The number of carbonyl (C=O) groups excluding carboxylic acids is 1. The molecule has 1 saturated carbocycles. The van der Waals surface area contributed by atoms with Crippen molar-refractivity contribution in [3.63, 3.8) is 0 Å². The summed E-state index contributed by atoms with van der Waals surface area (Å²) in [5, 5.41) is 6.46. The number of rotatable bonds is 5. The highest BCUT2D eigenvalue weighted by molar-refractivity contribution is 5.78. The minimum absolute atomic E-state index is 0.0290. The maximum Gasteiger partial charge on any atom is 0.221 e. The van der Waals surface area contributed by atoms with Crippen LogP contribution in [0.2, 0.25) is 0 Å². The second-order valence-electron chi connectivity index (χ2n) is 6.37. The Balaban J connectivity index is 1.57. The van der Waals surface area contributed by atoms with E-state index in [-0.39, 0.29) is 23.4 Å². The number of benzene rings is 1. The van der Waals surface area contributed by atoms with E-state index in [0.717, 1.165) is 25.3 Å². The Bertz CT molecular complexity index is 542. The van der Waals surface area contributed by atoms with Gasteiger partial charge >= 0.3 is 0 Å². The lowest BCUT2D eigenvalue weighted by Gasteiger charge is -2.23. The molecule has 1 aromatic carbocycles. The first-order valence-corrected chi connectivity index (χ1v) is 7.87. The van der Waals surface area contributed by atoms with E-state index in [1.54, 1.807) is 7.11 Å². The van der Waals surface area contributed by atoms with Crippen LogP contribution in [0, 0.1) is 0 Å². The maximum absolute atomic E-state index is 12.2. The molecule has 3 atom stereocenters. The summed E-state index contributed by atoms with van der Waals surface area (Å²) in [5.74, 6) is 0.982. The molecular formula is C17H24N2O3. The number of morpholine rings is 1. The van der Waals surface area contributed by atoms with E-state index in [0.29, 0.717) is 13.0 Å². The van der Waals surface area contributed by atoms with Gasteiger partial charge in [-0.3, -0.25) is 4.79 Å². The van der Waals surface area contributed by atoms with Crippen LogP contribution in [-0.2, 0) is 14.9 Å². The highest BCUT2D eigenvalue weighted by Gasteiger charge is 2.53. The quantitative estimate of drug-likeness (QED) is 0.859. The summed E-state index contributed by atoms with van der Waals surface area (Å²) >= 11 is 0. The Labute approximate surface area is 131 Å². The van der Waals surface area contributed by atoms with Crippen LogP contribution in [0.15, 0.2) is 24.3 Å². The lowest BCUT2D eigenvalue weighted by atomic mass is 9.96. The van der Waals surface area contributed by atoms with E-state index >= 15 is 0 Å². The van der Waals surface area contributed by atoms with Gasteiger partial charge in [0.1, 0.15) is 5.75 Å². The van der Waals surface area contributed by atoms with Crippen LogP contribution < -0.4 is 15.4 Å². The van der Waals surface area contributed by atoms with Gasteiger partial charge < -0.3 is 20.1 Å².